The summed E-state index contributed by atoms with van der Waals surface area (Å²) in [6, 6.07) is 3.99. The van der Waals surface area contributed by atoms with Crippen molar-refractivity contribution in [3.63, 3.8) is 0 Å². The van der Waals surface area contributed by atoms with Gasteiger partial charge in [0, 0.05) is 18.0 Å². The van der Waals surface area contributed by atoms with E-state index in [0.717, 1.165) is 24.2 Å². The zero-order valence-electron chi connectivity index (χ0n) is 9.81. The Morgan fingerprint density at radius 3 is 2.94 bits per heavy atom. The molecule has 1 saturated carbocycles. The summed E-state index contributed by atoms with van der Waals surface area (Å²) in [6.45, 7) is 0. The molecule has 0 aliphatic heterocycles. The molecule has 1 aliphatic rings. The Morgan fingerprint density at radius 1 is 1.35 bits per heavy atom. The largest absolute Gasteiger partial charge is 0.481 e. The highest BCUT2D eigenvalue weighted by Gasteiger charge is 2.28. The lowest BCUT2D eigenvalue weighted by Gasteiger charge is -2.11. The second kappa shape index (κ2) is 4.00. The van der Waals surface area contributed by atoms with Gasteiger partial charge in [-0.25, -0.2) is 4.98 Å². The number of H-pyrrole nitrogens is 1. The quantitative estimate of drug-likeness (QED) is 0.823. The predicted molar refractivity (Wildman–Crippen MR) is 65.0 cm³/mol. The van der Waals surface area contributed by atoms with Crippen LogP contribution in [-0.4, -0.2) is 28.1 Å². The van der Waals surface area contributed by atoms with E-state index in [-0.39, 0.29) is 6.04 Å². The molecule has 1 aliphatic carbocycles. The summed E-state index contributed by atoms with van der Waals surface area (Å²) < 4.78 is 5.09. The first-order valence-electron chi connectivity index (χ1n) is 5.94. The molecule has 0 amide bonds. The Morgan fingerprint density at radius 2 is 2.24 bits per heavy atom. The van der Waals surface area contributed by atoms with Crippen LogP contribution >= 0.6 is 0 Å². The maximum absolute atomic E-state index is 6.08. The van der Waals surface area contributed by atoms with Gasteiger partial charge >= 0.3 is 0 Å². The van der Waals surface area contributed by atoms with Crippen molar-refractivity contribution in [2.45, 2.75) is 31.2 Å². The molecule has 2 heterocycles. The van der Waals surface area contributed by atoms with Gasteiger partial charge in [-0.05, 0) is 18.9 Å². The van der Waals surface area contributed by atoms with Crippen LogP contribution in [-0.2, 0) is 0 Å². The standard InChI is InChI=1S/C12H16N4O/c1-17-10-6-5-9-12(15-10)16-11(14-9)7-3-2-4-8(7)13/h5-8H,2-4,13H2,1H3,(H,14,15,16). The van der Waals surface area contributed by atoms with Crippen LogP contribution in [0.1, 0.15) is 31.0 Å². The normalized spacial score (nSPS) is 24.4. The lowest BCUT2D eigenvalue weighted by Crippen LogP contribution is -2.23. The molecule has 3 rings (SSSR count). The Labute approximate surface area is 99.4 Å². The fraction of sp³-hybridized carbons (Fsp3) is 0.500. The van der Waals surface area contributed by atoms with E-state index in [4.69, 9.17) is 10.5 Å². The topological polar surface area (TPSA) is 76.8 Å². The molecule has 3 N–H and O–H groups in total. The van der Waals surface area contributed by atoms with Gasteiger partial charge in [0.25, 0.3) is 0 Å². The first kappa shape index (κ1) is 10.5. The lowest BCUT2D eigenvalue weighted by molar-refractivity contribution is 0.399. The zero-order valence-corrected chi connectivity index (χ0v) is 9.81. The molecule has 0 bridgehead atoms. The van der Waals surface area contributed by atoms with Gasteiger partial charge in [0.05, 0.1) is 12.6 Å². The summed E-state index contributed by atoms with van der Waals surface area (Å²) in [5.41, 5.74) is 7.74. The highest BCUT2D eigenvalue weighted by Crippen LogP contribution is 2.32. The lowest BCUT2D eigenvalue weighted by atomic mass is 10.0. The van der Waals surface area contributed by atoms with Crippen molar-refractivity contribution in [3.8, 4) is 5.88 Å². The summed E-state index contributed by atoms with van der Waals surface area (Å²) in [5, 5.41) is 0. The average molecular weight is 232 g/mol. The number of nitrogens with zero attached hydrogens (tertiary/aromatic N) is 2. The number of fused-ring (bicyclic) bond motifs is 1. The van der Waals surface area contributed by atoms with Crippen LogP contribution in [0.3, 0.4) is 0 Å². The Bertz CT molecular complexity index is 536. The smallest absolute Gasteiger partial charge is 0.215 e. The summed E-state index contributed by atoms with van der Waals surface area (Å²) in [7, 11) is 1.61. The van der Waals surface area contributed by atoms with Crippen LogP contribution < -0.4 is 10.5 Å². The first-order chi connectivity index (χ1) is 8.28. The minimum Gasteiger partial charge on any atom is -0.481 e. The molecule has 0 spiro atoms. The van der Waals surface area contributed by atoms with E-state index < -0.39 is 0 Å². The second-order valence-electron chi connectivity index (χ2n) is 4.55. The molecule has 5 heteroatoms. The highest BCUT2D eigenvalue weighted by molar-refractivity contribution is 5.71. The molecule has 2 unspecified atom stereocenters. The van der Waals surface area contributed by atoms with Gasteiger partial charge in [-0.2, -0.15) is 4.98 Å². The molecule has 2 aromatic heterocycles. The van der Waals surface area contributed by atoms with Crippen molar-refractivity contribution in [3.05, 3.63) is 18.0 Å². The van der Waals surface area contributed by atoms with Crippen LogP contribution in [0, 0.1) is 0 Å². The number of hydrogen-bond donors (Lipinski definition) is 2. The molecule has 0 saturated heterocycles. The van der Waals surface area contributed by atoms with Gasteiger partial charge in [-0.1, -0.05) is 6.42 Å². The van der Waals surface area contributed by atoms with Crippen molar-refractivity contribution >= 4 is 11.2 Å². The van der Waals surface area contributed by atoms with Gasteiger partial charge in [-0.15, -0.1) is 0 Å². The number of ether oxygens (including phenoxy) is 1. The monoisotopic (exact) mass is 232 g/mol. The molecule has 0 radical (unpaired) electrons. The van der Waals surface area contributed by atoms with Gasteiger partial charge in [0.2, 0.25) is 5.88 Å². The second-order valence-corrected chi connectivity index (χ2v) is 4.55. The SMILES string of the molecule is COc1ccc2[nH]c(C3CCCC3N)nc2n1. The number of nitrogens with one attached hydrogen (secondary N) is 1. The molecule has 2 atom stereocenters. The van der Waals surface area contributed by atoms with Crippen molar-refractivity contribution in [2.24, 2.45) is 5.73 Å². The average Bonchev–Trinajstić information content (AvgIpc) is 2.93. The maximum atomic E-state index is 6.08. The number of rotatable bonds is 2. The van der Waals surface area contributed by atoms with Gasteiger partial charge in [0.1, 0.15) is 5.82 Å². The molecular weight excluding hydrogens is 216 g/mol. The molecule has 1 fully saturated rings. The predicted octanol–water partition coefficient (Wildman–Crippen LogP) is 1.56. The van der Waals surface area contributed by atoms with Crippen LogP contribution in [0.25, 0.3) is 11.2 Å². The summed E-state index contributed by atoms with van der Waals surface area (Å²) >= 11 is 0. The summed E-state index contributed by atoms with van der Waals surface area (Å²) in [4.78, 5) is 12.1. The van der Waals surface area contributed by atoms with Gasteiger partial charge < -0.3 is 15.5 Å². The van der Waals surface area contributed by atoms with Crippen LogP contribution in [0.2, 0.25) is 0 Å². The van der Waals surface area contributed by atoms with E-state index in [1.807, 2.05) is 12.1 Å². The number of aromatic amines is 1. The third-order valence-corrected chi connectivity index (χ3v) is 3.47. The number of aromatic nitrogens is 3. The number of hydrogen-bond acceptors (Lipinski definition) is 4. The van der Waals surface area contributed by atoms with Gasteiger partial charge in [-0.3, -0.25) is 0 Å². The van der Waals surface area contributed by atoms with E-state index in [0.29, 0.717) is 17.4 Å². The molecule has 17 heavy (non-hydrogen) atoms. The molecular formula is C12H16N4O. The van der Waals surface area contributed by atoms with E-state index in [1.165, 1.54) is 6.42 Å². The van der Waals surface area contributed by atoms with Crippen LogP contribution in [0.15, 0.2) is 12.1 Å². The van der Waals surface area contributed by atoms with Crippen molar-refractivity contribution in [1.29, 1.82) is 0 Å². The number of nitrogens with two attached hydrogens (primary N) is 1. The highest BCUT2D eigenvalue weighted by atomic mass is 16.5. The molecule has 2 aromatic rings. The minimum atomic E-state index is 0.220. The van der Waals surface area contributed by atoms with Crippen molar-refractivity contribution < 1.29 is 4.74 Å². The fourth-order valence-corrected chi connectivity index (χ4v) is 2.51. The third-order valence-electron chi connectivity index (χ3n) is 3.47. The summed E-state index contributed by atoms with van der Waals surface area (Å²) in [5.74, 6) is 1.90. The molecule has 90 valence electrons. The minimum absolute atomic E-state index is 0.220. The Balaban J connectivity index is 2.01. The van der Waals surface area contributed by atoms with Crippen molar-refractivity contribution in [1.82, 2.24) is 15.0 Å². The number of pyridine rings is 1. The Kier molecular flexibility index (Phi) is 2.48. The van der Waals surface area contributed by atoms with E-state index in [1.54, 1.807) is 7.11 Å². The third kappa shape index (κ3) is 1.76. The van der Waals surface area contributed by atoms with Crippen LogP contribution in [0.5, 0.6) is 5.88 Å². The van der Waals surface area contributed by atoms with Crippen LogP contribution in [0.4, 0.5) is 0 Å². The summed E-state index contributed by atoms with van der Waals surface area (Å²) in [6.07, 6.45) is 3.37. The number of methoxy groups -OCH3 is 1. The molecule has 0 aromatic carbocycles. The van der Waals surface area contributed by atoms with Gasteiger partial charge in [0.15, 0.2) is 5.65 Å². The number of imidazole rings is 1. The fourth-order valence-electron chi connectivity index (χ4n) is 2.51. The maximum Gasteiger partial charge on any atom is 0.215 e. The van der Waals surface area contributed by atoms with E-state index >= 15 is 0 Å². The van der Waals surface area contributed by atoms with E-state index in [9.17, 15) is 0 Å². The first-order valence-corrected chi connectivity index (χ1v) is 5.94. The van der Waals surface area contributed by atoms with Crippen molar-refractivity contribution in [2.75, 3.05) is 7.11 Å². The zero-order chi connectivity index (χ0) is 11.8. The molecule has 5 nitrogen and oxygen atoms in total. The Hall–Kier alpha value is -1.62. The van der Waals surface area contributed by atoms with E-state index in [2.05, 4.69) is 15.0 Å².